The zero-order valence-corrected chi connectivity index (χ0v) is 12.7. The van der Waals surface area contributed by atoms with Gasteiger partial charge in [0.05, 0.1) is 11.8 Å². The number of hydrogen-bond donors (Lipinski definition) is 2. The van der Waals surface area contributed by atoms with Crippen molar-refractivity contribution in [2.45, 2.75) is 69.1 Å². The molecule has 0 radical (unpaired) electrons. The van der Waals surface area contributed by atoms with Gasteiger partial charge in [0.1, 0.15) is 0 Å². The number of nitrogens with two attached hydrogens (primary N) is 1. The summed E-state index contributed by atoms with van der Waals surface area (Å²) in [5, 5.41) is 11.4. The van der Waals surface area contributed by atoms with Gasteiger partial charge < -0.3 is 10.9 Å². The summed E-state index contributed by atoms with van der Waals surface area (Å²) in [7, 11) is -3.35. The van der Waals surface area contributed by atoms with E-state index in [4.69, 9.17) is 10.9 Å². The second kappa shape index (κ2) is 6.76. The Hall–Kier alpha value is -0.820. The molecule has 0 unspecified atom stereocenters. The topological polar surface area (TPSA) is 96.0 Å². The molecule has 0 atom stereocenters. The fraction of sp³-hybridized carbons (Fsp3) is 0.923. The second-order valence-corrected chi connectivity index (χ2v) is 8.05. The fourth-order valence-corrected chi connectivity index (χ4v) is 5.62. The largest absolute Gasteiger partial charge is 0.409 e. The summed E-state index contributed by atoms with van der Waals surface area (Å²) in [6.07, 6.45) is 8.42. The molecular formula is C13H25N3O3S. The van der Waals surface area contributed by atoms with E-state index in [9.17, 15) is 8.42 Å². The molecule has 2 rings (SSSR count). The van der Waals surface area contributed by atoms with Crippen LogP contribution in [0.1, 0.15) is 57.8 Å². The van der Waals surface area contributed by atoms with E-state index in [0.29, 0.717) is 0 Å². The van der Waals surface area contributed by atoms with E-state index < -0.39 is 10.0 Å². The minimum Gasteiger partial charge on any atom is -0.409 e. The Kier molecular flexibility index (Phi) is 5.26. The molecule has 2 fully saturated rings. The molecule has 0 heterocycles. The molecule has 2 saturated carbocycles. The van der Waals surface area contributed by atoms with Gasteiger partial charge in [-0.25, -0.2) is 8.42 Å². The SMILES string of the molecule is NC(CN(C1CCCC1)S(=O)(=O)C1CCCCC1)=NO. The van der Waals surface area contributed by atoms with Gasteiger partial charge in [-0.1, -0.05) is 37.3 Å². The van der Waals surface area contributed by atoms with Crippen LogP contribution in [-0.2, 0) is 10.0 Å². The van der Waals surface area contributed by atoms with Crippen molar-refractivity contribution in [1.82, 2.24) is 4.31 Å². The van der Waals surface area contributed by atoms with Crippen LogP contribution in [0.4, 0.5) is 0 Å². The molecule has 7 heteroatoms. The van der Waals surface area contributed by atoms with E-state index in [1.807, 2.05) is 0 Å². The van der Waals surface area contributed by atoms with Crippen molar-refractivity contribution in [1.29, 1.82) is 0 Å². The minimum absolute atomic E-state index is 0.0139. The van der Waals surface area contributed by atoms with Crippen LogP contribution in [0.3, 0.4) is 0 Å². The van der Waals surface area contributed by atoms with E-state index in [1.54, 1.807) is 0 Å². The van der Waals surface area contributed by atoms with Crippen LogP contribution in [0.25, 0.3) is 0 Å². The number of sulfonamides is 1. The van der Waals surface area contributed by atoms with Gasteiger partial charge >= 0.3 is 0 Å². The zero-order valence-electron chi connectivity index (χ0n) is 11.9. The lowest BCUT2D eigenvalue weighted by atomic mass is 10.0. The summed E-state index contributed by atoms with van der Waals surface area (Å²) in [6.45, 7) is 0.0139. The van der Waals surface area contributed by atoms with Crippen LogP contribution in [0, 0.1) is 0 Å². The predicted molar refractivity (Wildman–Crippen MR) is 78.2 cm³/mol. The zero-order chi connectivity index (χ0) is 14.6. The third-order valence-corrected chi connectivity index (χ3v) is 6.87. The molecule has 0 aromatic carbocycles. The molecular weight excluding hydrogens is 278 g/mol. The maximum Gasteiger partial charge on any atom is 0.217 e. The molecule has 2 aliphatic carbocycles. The average Bonchev–Trinajstić information content (AvgIpc) is 2.99. The lowest BCUT2D eigenvalue weighted by Gasteiger charge is -2.33. The van der Waals surface area contributed by atoms with Crippen LogP contribution < -0.4 is 5.73 Å². The molecule has 0 bridgehead atoms. The van der Waals surface area contributed by atoms with Crippen molar-refractivity contribution in [3.63, 3.8) is 0 Å². The Morgan fingerprint density at radius 3 is 2.20 bits per heavy atom. The van der Waals surface area contributed by atoms with Crippen molar-refractivity contribution in [2.24, 2.45) is 10.9 Å². The molecule has 3 N–H and O–H groups in total. The minimum atomic E-state index is -3.35. The van der Waals surface area contributed by atoms with Crippen molar-refractivity contribution in [2.75, 3.05) is 6.54 Å². The third-order valence-electron chi connectivity index (χ3n) is 4.48. The first-order valence-corrected chi connectivity index (χ1v) is 9.03. The van der Waals surface area contributed by atoms with Gasteiger partial charge in [-0.05, 0) is 25.7 Å². The lowest BCUT2D eigenvalue weighted by molar-refractivity contribution is 0.306. The van der Waals surface area contributed by atoms with Crippen molar-refractivity contribution >= 4 is 15.9 Å². The van der Waals surface area contributed by atoms with Gasteiger partial charge in [0, 0.05) is 6.04 Å². The summed E-state index contributed by atoms with van der Waals surface area (Å²) in [4.78, 5) is 0. The maximum absolute atomic E-state index is 12.9. The van der Waals surface area contributed by atoms with Gasteiger partial charge in [-0.3, -0.25) is 0 Å². The quantitative estimate of drug-likeness (QED) is 0.349. The molecule has 0 aliphatic heterocycles. The lowest BCUT2D eigenvalue weighted by Crippen LogP contribution is -2.48. The summed E-state index contributed by atoms with van der Waals surface area (Å²) in [5.41, 5.74) is 5.56. The Bertz CT molecular complexity index is 438. The first-order valence-electron chi connectivity index (χ1n) is 7.52. The summed E-state index contributed by atoms with van der Waals surface area (Å²) >= 11 is 0. The fourth-order valence-electron chi connectivity index (χ4n) is 3.36. The van der Waals surface area contributed by atoms with E-state index >= 15 is 0 Å². The molecule has 0 spiro atoms. The van der Waals surface area contributed by atoms with Crippen LogP contribution in [0.2, 0.25) is 0 Å². The number of hydrogen-bond acceptors (Lipinski definition) is 4. The molecule has 2 aliphatic rings. The average molecular weight is 303 g/mol. The van der Waals surface area contributed by atoms with Crippen molar-refractivity contribution in [3.8, 4) is 0 Å². The predicted octanol–water partition coefficient (Wildman–Crippen LogP) is 1.64. The second-order valence-electron chi connectivity index (χ2n) is 5.88. The van der Waals surface area contributed by atoms with Crippen LogP contribution >= 0.6 is 0 Å². The first-order chi connectivity index (χ1) is 9.55. The van der Waals surface area contributed by atoms with E-state index in [0.717, 1.165) is 57.8 Å². The van der Waals surface area contributed by atoms with Crippen LogP contribution in [-0.4, -0.2) is 41.6 Å². The van der Waals surface area contributed by atoms with E-state index in [-0.39, 0.29) is 23.7 Å². The van der Waals surface area contributed by atoms with Gasteiger partial charge in [-0.2, -0.15) is 4.31 Å². The van der Waals surface area contributed by atoms with Crippen LogP contribution in [0.15, 0.2) is 5.16 Å². The normalized spacial score (nSPS) is 23.6. The number of rotatable bonds is 5. The molecule has 6 nitrogen and oxygen atoms in total. The number of oxime groups is 1. The molecule has 0 aromatic heterocycles. The van der Waals surface area contributed by atoms with Gasteiger partial charge in [0.25, 0.3) is 0 Å². The monoisotopic (exact) mass is 303 g/mol. The Labute approximate surface area is 121 Å². The van der Waals surface area contributed by atoms with Gasteiger partial charge in [0.2, 0.25) is 10.0 Å². The standard InChI is InChI=1S/C13H25N3O3S/c14-13(15-17)10-16(11-6-4-5-7-11)20(18,19)12-8-2-1-3-9-12/h11-12,17H,1-10H2,(H2,14,15). The highest BCUT2D eigenvalue weighted by molar-refractivity contribution is 7.89. The Morgan fingerprint density at radius 1 is 1.10 bits per heavy atom. The number of nitrogens with zero attached hydrogens (tertiary/aromatic N) is 2. The summed E-state index contributed by atoms with van der Waals surface area (Å²) in [6, 6.07) is 0.0160. The highest BCUT2D eigenvalue weighted by Gasteiger charge is 2.38. The van der Waals surface area contributed by atoms with E-state index in [2.05, 4.69) is 5.16 Å². The summed E-state index contributed by atoms with van der Waals surface area (Å²) < 4.78 is 27.2. The molecule has 116 valence electrons. The molecule has 0 amide bonds. The third kappa shape index (κ3) is 3.44. The summed E-state index contributed by atoms with van der Waals surface area (Å²) in [5.74, 6) is -0.0312. The smallest absolute Gasteiger partial charge is 0.217 e. The van der Waals surface area contributed by atoms with Crippen molar-refractivity contribution < 1.29 is 13.6 Å². The number of amidine groups is 1. The molecule has 0 saturated heterocycles. The van der Waals surface area contributed by atoms with E-state index in [1.165, 1.54) is 4.31 Å². The van der Waals surface area contributed by atoms with Gasteiger partial charge in [0.15, 0.2) is 5.84 Å². The van der Waals surface area contributed by atoms with Crippen LogP contribution in [0.5, 0.6) is 0 Å². The highest BCUT2D eigenvalue weighted by Crippen LogP contribution is 2.31. The maximum atomic E-state index is 12.9. The Balaban J connectivity index is 2.19. The first kappa shape index (κ1) is 15.6. The van der Waals surface area contributed by atoms with Gasteiger partial charge in [-0.15, -0.1) is 0 Å². The highest BCUT2D eigenvalue weighted by atomic mass is 32.2. The Morgan fingerprint density at radius 2 is 1.65 bits per heavy atom. The van der Waals surface area contributed by atoms with Crippen molar-refractivity contribution in [3.05, 3.63) is 0 Å². The molecule has 0 aromatic rings. The molecule has 20 heavy (non-hydrogen) atoms.